The van der Waals surface area contributed by atoms with Crippen LogP contribution in [0.2, 0.25) is 0 Å². The second-order valence-electron chi connectivity index (χ2n) is 10.1. The highest BCUT2D eigenvalue weighted by molar-refractivity contribution is 5.89. The summed E-state index contributed by atoms with van der Waals surface area (Å²) in [5.74, 6) is -1.41. The van der Waals surface area contributed by atoms with E-state index in [1.54, 1.807) is 54.6 Å². The van der Waals surface area contributed by atoms with E-state index < -0.39 is 17.9 Å². The zero-order valence-corrected chi connectivity index (χ0v) is 23.8. The zero-order valence-electron chi connectivity index (χ0n) is 23.8. The van der Waals surface area contributed by atoms with Gasteiger partial charge in [0.25, 0.3) is 0 Å². The predicted octanol–water partition coefficient (Wildman–Crippen LogP) is 5.94. The molecule has 0 aliphatic heterocycles. The molecule has 44 heavy (non-hydrogen) atoms. The summed E-state index contributed by atoms with van der Waals surface area (Å²) in [6.07, 6.45) is -0.158. The molecule has 5 aromatic carbocycles. The first-order valence-corrected chi connectivity index (χ1v) is 14.0. The van der Waals surface area contributed by atoms with Gasteiger partial charge in [-0.05, 0) is 75.8 Å². The lowest BCUT2D eigenvalue weighted by Gasteiger charge is -2.14. The third-order valence-corrected chi connectivity index (χ3v) is 6.86. The van der Waals surface area contributed by atoms with Crippen molar-refractivity contribution in [3.63, 3.8) is 0 Å². The number of carboxylic acids is 1. The van der Waals surface area contributed by atoms with Crippen molar-refractivity contribution in [2.24, 2.45) is 0 Å². The molecule has 0 aliphatic rings. The molecule has 0 atom stereocenters. The Morgan fingerprint density at radius 2 is 1.11 bits per heavy atom. The largest absolute Gasteiger partial charge is 0.550 e. The summed E-state index contributed by atoms with van der Waals surface area (Å²) in [5.41, 5.74) is 5.51. The highest BCUT2D eigenvalue weighted by Gasteiger charge is 2.13. The fourth-order valence-corrected chi connectivity index (χ4v) is 4.61. The number of aliphatic carboxylic acids is 1. The van der Waals surface area contributed by atoms with Gasteiger partial charge in [0, 0.05) is 12.4 Å². The van der Waals surface area contributed by atoms with Gasteiger partial charge in [-0.15, -0.1) is 0 Å². The third-order valence-electron chi connectivity index (χ3n) is 6.86. The minimum Gasteiger partial charge on any atom is -0.550 e. The van der Waals surface area contributed by atoms with Crippen LogP contribution in [0.3, 0.4) is 0 Å². The number of esters is 2. The molecule has 0 aromatic heterocycles. The maximum atomic E-state index is 12.6. The van der Waals surface area contributed by atoms with Crippen LogP contribution in [0.5, 0.6) is 5.75 Å². The van der Waals surface area contributed by atoms with Gasteiger partial charge < -0.3 is 24.1 Å². The molecule has 0 saturated heterocycles. The van der Waals surface area contributed by atoms with Crippen LogP contribution in [0.15, 0.2) is 127 Å². The van der Waals surface area contributed by atoms with Gasteiger partial charge in [-0.2, -0.15) is 0 Å². The quantitative estimate of drug-likeness (QED) is 0.167. The molecule has 0 unspecified atom stereocenters. The summed E-state index contributed by atoms with van der Waals surface area (Å²) in [5, 5.41) is 11.0. The minimum absolute atomic E-state index is 0.00609. The standard InChI is InChI=1S/C37H30O7/c38-35(39)21-26-9-7-14-30(19-26)31-15-8-16-34(22-31)42-23-27-17-18-32(24-43-36(40)28-10-3-1-4-11-28)33(20-27)25-44-37(41)29-12-5-2-6-13-29/h1-20,22H,21,23-25H2,(H,38,39)/p-1. The molecule has 0 fully saturated rings. The molecule has 0 saturated carbocycles. The topological polar surface area (TPSA) is 102 Å². The van der Waals surface area contributed by atoms with Crippen LogP contribution in [-0.4, -0.2) is 17.9 Å². The normalized spacial score (nSPS) is 10.5. The molecule has 0 heterocycles. The molecule has 5 rings (SSSR count). The Bertz CT molecular complexity index is 1750. The van der Waals surface area contributed by atoms with E-state index in [-0.39, 0.29) is 26.2 Å². The molecule has 7 nitrogen and oxygen atoms in total. The van der Waals surface area contributed by atoms with E-state index in [9.17, 15) is 19.5 Å². The van der Waals surface area contributed by atoms with E-state index in [1.807, 2.05) is 72.8 Å². The van der Waals surface area contributed by atoms with Gasteiger partial charge in [-0.25, -0.2) is 9.59 Å². The number of carbonyl (C=O) groups is 3. The Hall–Kier alpha value is -5.69. The highest BCUT2D eigenvalue weighted by atomic mass is 16.5. The van der Waals surface area contributed by atoms with Crippen LogP contribution in [-0.2, 0) is 40.5 Å². The Morgan fingerprint density at radius 3 is 1.75 bits per heavy atom. The Labute approximate surface area is 255 Å². The molecular weight excluding hydrogens is 556 g/mol. The number of carbonyl (C=O) groups excluding carboxylic acids is 3. The maximum absolute atomic E-state index is 12.6. The summed E-state index contributed by atoms with van der Waals surface area (Å²) in [4.78, 5) is 36.2. The number of ether oxygens (including phenoxy) is 3. The molecule has 0 aliphatic carbocycles. The predicted molar refractivity (Wildman–Crippen MR) is 162 cm³/mol. The van der Waals surface area contributed by atoms with E-state index in [0.29, 0.717) is 33.6 Å². The van der Waals surface area contributed by atoms with Crippen molar-refractivity contribution in [2.45, 2.75) is 26.2 Å². The first kappa shape index (κ1) is 29.8. The highest BCUT2D eigenvalue weighted by Crippen LogP contribution is 2.26. The van der Waals surface area contributed by atoms with E-state index in [0.717, 1.165) is 16.7 Å². The van der Waals surface area contributed by atoms with Crippen molar-refractivity contribution in [2.75, 3.05) is 0 Å². The third kappa shape index (κ3) is 8.20. The summed E-state index contributed by atoms with van der Waals surface area (Å²) in [7, 11) is 0. The fourth-order valence-electron chi connectivity index (χ4n) is 4.61. The molecule has 7 heteroatoms. The molecule has 5 aromatic rings. The zero-order chi connectivity index (χ0) is 30.7. The molecule has 0 spiro atoms. The van der Waals surface area contributed by atoms with Crippen LogP contribution >= 0.6 is 0 Å². The summed E-state index contributed by atoms with van der Waals surface area (Å²) < 4.78 is 17.3. The Balaban J connectivity index is 1.30. The van der Waals surface area contributed by atoms with Crippen LogP contribution in [0, 0.1) is 0 Å². The second-order valence-corrected chi connectivity index (χ2v) is 10.1. The average molecular weight is 586 g/mol. The number of hydrogen-bond donors (Lipinski definition) is 0. The lowest BCUT2D eigenvalue weighted by molar-refractivity contribution is -0.304. The average Bonchev–Trinajstić information content (AvgIpc) is 3.06. The lowest BCUT2D eigenvalue weighted by Crippen LogP contribution is -2.24. The van der Waals surface area contributed by atoms with Gasteiger partial charge >= 0.3 is 11.9 Å². The molecule has 0 bridgehead atoms. The smallest absolute Gasteiger partial charge is 0.338 e. The summed E-state index contributed by atoms with van der Waals surface area (Å²) in [6.45, 7) is 0.224. The number of rotatable bonds is 12. The van der Waals surface area contributed by atoms with Crippen LogP contribution in [0.1, 0.15) is 43.0 Å². The van der Waals surface area contributed by atoms with E-state index >= 15 is 0 Å². The first-order chi connectivity index (χ1) is 21.4. The summed E-state index contributed by atoms with van der Waals surface area (Å²) in [6, 6.07) is 37.9. The Kier molecular flexibility index (Phi) is 9.80. The minimum atomic E-state index is -1.13. The van der Waals surface area contributed by atoms with Crippen molar-refractivity contribution in [1.29, 1.82) is 0 Å². The first-order valence-electron chi connectivity index (χ1n) is 14.0. The van der Waals surface area contributed by atoms with E-state index in [4.69, 9.17) is 14.2 Å². The van der Waals surface area contributed by atoms with E-state index in [1.165, 1.54) is 0 Å². The van der Waals surface area contributed by atoms with Crippen molar-refractivity contribution in [3.8, 4) is 16.9 Å². The van der Waals surface area contributed by atoms with Crippen molar-refractivity contribution in [1.82, 2.24) is 0 Å². The van der Waals surface area contributed by atoms with Gasteiger partial charge in [0.05, 0.1) is 11.1 Å². The fraction of sp³-hybridized carbons (Fsp3) is 0.108. The maximum Gasteiger partial charge on any atom is 0.338 e. The van der Waals surface area contributed by atoms with Crippen molar-refractivity contribution in [3.05, 3.63) is 161 Å². The SMILES string of the molecule is O=C([O-])Cc1cccc(-c2cccc(OCc3ccc(COC(=O)c4ccccc4)c(COC(=O)c4ccccc4)c3)c2)c1. The molecule has 0 N–H and O–H groups in total. The second kappa shape index (κ2) is 14.5. The number of carboxylic acid groups (broad SMARTS) is 1. The molecule has 0 amide bonds. The van der Waals surface area contributed by atoms with Gasteiger partial charge in [-0.1, -0.05) is 84.9 Å². The number of benzene rings is 5. The van der Waals surface area contributed by atoms with Gasteiger partial charge in [0.2, 0.25) is 0 Å². The molecular formula is C37H29O7-. The molecule has 220 valence electrons. The van der Waals surface area contributed by atoms with Gasteiger partial charge in [0.15, 0.2) is 0 Å². The van der Waals surface area contributed by atoms with Gasteiger partial charge in [-0.3, -0.25) is 0 Å². The van der Waals surface area contributed by atoms with Crippen LogP contribution in [0.25, 0.3) is 11.1 Å². The Morgan fingerprint density at radius 1 is 0.523 bits per heavy atom. The van der Waals surface area contributed by atoms with Gasteiger partial charge in [0.1, 0.15) is 25.6 Å². The molecule has 0 radical (unpaired) electrons. The lowest BCUT2D eigenvalue weighted by atomic mass is 10.0. The van der Waals surface area contributed by atoms with Crippen molar-refractivity contribution < 1.29 is 33.7 Å². The van der Waals surface area contributed by atoms with E-state index in [2.05, 4.69) is 0 Å². The number of hydrogen-bond acceptors (Lipinski definition) is 7. The van der Waals surface area contributed by atoms with Crippen LogP contribution < -0.4 is 9.84 Å². The summed E-state index contributed by atoms with van der Waals surface area (Å²) >= 11 is 0. The monoisotopic (exact) mass is 585 g/mol. The van der Waals surface area contributed by atoms with Crippen LogP contribution in [0.4, 0.5) is 0 Å². The van der Waals surface area contributed by atoms with Crippen molar-refractivity contribution >= 4 is 17.9 Å².